The van der Waals surface area contributed by atoms with Crippen molar-refractivity contribution in [2.75, 3.05) is 5.75 Å². The summed E-state index contributed by atoms with van der Waals surface area (Å²) < 4.78 is 11.6. The van der Waals surface area contributed by atoms with Crippen molar-refractivity contribution in [3.63, 3.8) is 0 Å². The van der Waals surface area contributed by atoms with Crippen molar-refractivity contribution in [2.24, 2.45) is 28.6 Å². The molecule has 3 fully saturated rings. The lowest BCUT2D eigenvalue weighted by atomic mass is 9.49. The van der Waals surface area contributed by atoms with E-state index in [2.05, 4.69) is 32.9 Å². The smallest absolute Gasteiger partial charge is 0.302 e. The predicted molar refractivity (Wildman–Crippen MR) is 144 cm³/mol. The van der Waals surface area contributed by atoms with Crippen molar-refractivity contribution in [2.45, 2.75) is 116 Å². The Hall–Kier alpha value is -1.27. The Labute approximate surface area is 221 Å². The molecule has 0 amide bonds. The van der Waals surface area contributed by atoms with Gasteiger partial charge in [-0.2, -0.15) is 11.8 Å². The van der Waals surface area contributed by atoms with Crippen LogP contribution in [-0.4, -0.2) is 45.9 Å². The van der Waals surface area contributed by atoms with E-state index in [4.69, 9.17) is 9.47 Å². The third-order valence-corrected chi connectivity index (χ3v) is 11.3. The van der Waals surface area contributed by atoms with E-state index in [1.807, 2.05) is 25.6 Å². The predicted octanol–water partition coefficient (Wildman–Crippen LogP) is 6.24. The number of fused-ring (bicyclic) bond motifs is 5. The van der Waals surface area contributed by atoms with Gasteiger partial charge in [-0.3, -0.25) is 9.59 Å². The van der Waals surface area contributed by atoms with Crippen molar-refractivity contribution < 1.29 is 24.2 Å². The van der Waals surface area contributed by atoms with E-state index in [1.54, 1.807) is 5.57 Å². The second kappa shape index (κ2) is 10.1. The van der Waals surface area contributed by atoms with E-state index in [0.29, 0.717) is 35.8 Å². The number of allylic oxidation sites excluding steroid dienone is 3. The molecule has 36 heavy (non-hydrogen) atoms. The molecule has 1 unspecified atom stereocenters. The van der Waals surface area contributed by atoms with E-state index >= 15 is 0 Å². The number of carbonyl (C=O) groups is 2. The molecule has 0 aliphatic heterocycles. The molecular formula is C30H46O5S. The van der Waals surface area contributed by atoms with Crippen LogP contribution in [0.25, 0.3) is 0 Å². The molecule has 0 aromatic rings. The molecule has 4 rings (SSSR count). The summed E-state index contributed by atoms with van der Waals surface area (Å²) in [6, 6.07) is 0. The van der Waals surface area contributed by atoms with Gasteiger partial charge in [-0.05, 0) is 74.9 Å². The Morgan fingerprint density at radius 2 is 1.81 bits per heavy atom. The topological polar surface area (TPSA) is 72.8 Å². The van der Waals surface area contributed by atoms with E-state index in [-0.39, 0.29) is 35.0 Å². The average molecular weight is 519 g/mol. The first kappa shape index (κ1) is 27.8. The normalized spacial score (nSPS) is 38.6. The molecule has 5 nitrogen and oxygen atoms in total. The van der Waals surface area contributed by atoms with E-state index < -0.39 is 5.60 Å². The van der Waals surface area contributed by atoms with Crippen molar-refractivity contribution in [1.29, 1.82) is 0 Å². The van der Waals surface area contributed by atoms with Crippen LogP contribution >= 0.6 is 11.8 Å². The first-order valence-corrected chi connectivity index (χ1v) is 14.9. The molecule has 0 radical (unpaired) electrons. The lowest BCUT2D eigenvalue weighted by Gasteiger charge is -2.57. The molecule has 8 atom stereocenters. The van der Waals surface area contributed by atoms with E-state index in [0.717, 1.165) is 18.6 Å². The third kappa shape index (κ3) is 5.18. The Morgan fingerprint density at radius 1 is 1.11 bits per heavy atom. The van der Waals surface area contributed by atoms with Gasteiger partial charge in [0.15, 0.2) is 0 Å². The number of thioether (sulfide) groups is 1. The molecular weight excluding hydrogens is 472 g/mol. The zero-order valence-corrected chi connectivity index (χ0v) is 24.1. The summed E-state index contributed by atoms with van der Waals surface area (Å²) in [6.07, 6.45) is 11.0. The Bertz CT molecular complexity index is 932. The van der Waals surface area contributed by atoms with Gasteiger partial charge in [-0.1, -0.05) is 44.1 Å². The summed E-state index contributed by atoms with van der Waals surface area (Å²) in [7, 11) is 0. The average Bonchev–Trinajstić information content (AvgIpc) is 3.10. The van der Waals surface area contributed by atoms with Crippen LogP contribution < -0.4 is 0 Å². The van der Waals surface area contributed by atoms with Gasteiger partial charge in [0.2, 0.25) is 0 Å². The zero-order valence-electron chi connectivity index (χ0n) is 23.3. The van der Waals surface area contributed by atoms with Gasteiger partial charge < -0.3 is 14.6 Å². The highest BCUT2D eigenvalue weighted by molar-refractivity contribution is 7.99. The lowest BCUT2D eigenvalue weighted by Crippen LogP contribution is -2.54. The van der Waals surface area contributed by atoms with Gasteiger partial charge >= 0.3 is 11.9 Å². The Balaban J connectivity index is 1.58. The zero-order chi connectivity index (χ0) is 26.5. The fourth-order valence-corrected chi connectivity index (χ4v) is 9.79. The van der Waals surface area contributed by atoms with Crippen LogP contribution in [0, 0.1) is 28.6 Å². The van der Waals surface area contributed by atoms with Crippen LogP contribution in [0.3, 0.4) is 0 Å². The summed E-state index contributed by atoms with van der Waals surface area (Å²) in [5.74, 6) is 2.02. The molecule has 3 saturated carbocycles. The summed E-state index contributed by atoms with van der Waals surface area (Å²) in [5, 5.41) is 10.7. The van der Waals surface area contributed by atoms with Crippen LogP contribution in [0.4, 0.5) is 0 Å². The summed E-state index contributed by atoms with van der Waals surface area (Å²) in [5.41, 5.74) is 2.23. The Kier molecular flexibility index (Phi) is 7.81. The van der Waals surface area contributed by atoms with Crippen LogP contribution in [0.5, 0.6) is 0 Å². The number of rotatable bonds is 7. The summed E-state index contributed by atoms with van der Waals surface area (Å²) >= 11 is 2.02. The maximum Gasteiger partial charge on any atom is 0.302 e. The number of hydrogen-bond acceptors (Lipinski definition) is 6. The fraction of sp³-hybridized carbons (Fsp3) is 0.800. The van der Waals surface area contributed by atoms with Crippen LogP contribution in [0.2, 0.25) is 0 Å². The molecule has 0 aromatic carbocycles. The van der Waals surface area contributed by atoms with E-state index in [9.17, 15) is 14.7 Å². The number of esters is 2. The van der Waals surface area contributed by atoms with Crippen molar-refractivity contribution in [3.8, 4) is 0 Å². The highest BCUT2D eigenvalue weighted by atomic mass is 32.2. The quantitative estimate of drug-likeness (QED) is 0.402. The van der Waals surface area contributed by atoms with Crippen LogP contribution in [0.1, 0.15) is 93.4 Å². The molecule has 1 N–H and O–H groups in total. The number of hydrogen-bond donors (Lipinski definition) is 1. The van der Waals surface area contributed by atoms with Gasteiger partial charge in [-0.25, -0.2) is 0 Å². The highest BCUT2D eigenvalue weighted by Gasteiger charge is 2.60. The first-order chi connectivity index (χ1) is 16.8. The SMILES string of the molecule is CC(=O)O[C@@H]1CC2=CC=C3[C@@H]4CC[C@H](C(C)SCCC(C)(C)O)[C@@]4(C)CC[C@@H]3[C@@]2(C)[C@@H](OC(C)=O)C1. The Morgan fingerprint density at radius 3 is 2.44 bits per heavy atom. The van der Waals surface area contributed by atoms with Gasteiger partial charge in [0.1, 0.15) is 12.2 Å². The number of carbonyl (C=O) groups excluding carboxylic acids is 2. The molecule has 0 bridgehead atoms. The molecule has 202 valence electrons. The van der Waals surface area contributed by atoms with Gasteiger partial charge in [0.25, 0.3) is 0 Å². The molecule has 0 heterocycles. The number of ether oxygens (including phenoxy) is 2. The third-order valence-electron chi connectivity index (χ3n) is 9.97. The molecule has 4 aliphatic carbocycles. The van der Waals surface area contributed by atoms with Crippen molar-refractivity contribution >= 4 is 23.7 Å². The fourth-order valence-electron chi connectivity index (χ4n) is 8.12. The minimum absolute atomic E-state index is 0.243. The molecule has 6 heteroatoms. The van der Waals surface area contributed by atoms with Crippen molar-refractivity contribution in [3.05, 3.63) is 23.3 Å². The molecule has 0 saturated heterocycles. The van der Waals surface area contributed by atoms with Crippen LogP contribution in [0.15, 0.2) is 23.3 Å². The molecule has 0 aromatic heterocycles. The summed E-state index contributed by atoms with van der Waals surface area (Å²) in [6.45, 7) is 13.9. The largest absolute Gasteiger partial charge is 0.462 e. The minimum atomic E-state index is -0.605. The van der Waals surface area contributed by atoms with Crippen LogP contribution in [-0.2, 0) is 19.1 Å². The van der Waals surface area contributed by atoms with Gasteiger partial charge in [0, 0.05) is 37.4 Å². The first-order valence-electron chi connectivity index (χ1n) is 13.8. The molecule has 0 spiro atoms. The standard InChI is InChI=1S/C30H46O5S/c1-18(36-15-14-28(4,5)33)24-10-11-25-23-9-8-21-16-22(34-19(2)31)17-27(35-20(3)32)30(21,7)26(23)12-13-29(24,25)6/h8-9,18,22,24-27,33H,10-17H2,1-7H3/t18?,22-,24-,25+,26+,27+,29-,30+/m1/s1. The lowest BCUT2D eigenvalue weighted by molar-refractivity contribution is -0.165. The van der Waals surface area contributed by atoms with Gasteiger partial charge in [-0.15, -0.1) is 0 Å². The second-order valence-corrected chi connectivity index (χ2v) is 14.4. The maximum absolute atomic E-state index is 12.1. The maximum atomic E-state index is 12.1. The van der Waals surface area contributed by atoms with Crippen molar-refractivity contribution in [1.82, 2.24) is 0 Å². The number of aliphatic hydroxyl groups is 1. The monoisotopic (exact) mass is 518 g/mol. The minimum Gasteiger partial charge on any atom is -0.462 e. The van der Waals surface area contributed by atoms with E-state index in [1.165, 1.54) is 38.7 Å². The summed E-state index contributed by atoms with van der Waals surface area (Å²) in [4.78, 5) is 23.8. The van der Waals surface area contributed by atoms with Gasteiger partial charge in [0.05, 0.1) is 5.60 Å². The molecule has 4 aliphatic rings. The second-order valence-electron chi connectivity index (χ2n) is 12.9. The highest BCUT2D eigenvalue weighted by Crippen LogP contribution is 2.66.